The van der Waals surface area contributed by atoms with Gasteiger partial charge in [0.1, 0.15) is 17.6 Å². The van der Waals surface area contributed by atoms with E-state index in [1.807, 2.05) is 0 Å². The Bertz CT molecular complexity index is 2210. The van der Waals surface area contributed by atoms with Crippen molar-refractivity contribution in [2.75, 3.05) is 28.4 Å². The van der Waals surface area contributed by atoms with Crippen molar-refractivity contribution >= 4 is 29.8 Å². The maximum atomic E-state index is 14.0. The average Bonchev–Trinajstić information content (AvgIpc) is 3.56. The Labute approximate surface area is 311 Å². The van der Waals surface area contributed by atoms with Crippen molar-refractivity contribution < 1.29 is 58.8 Å². The van der Waals surface area contributed by atoms with Gasteiger partial charge in [-0.15, -0.1) is 0 Å². The van der Waals surface area contributed by atoms with Crippen molar-refractivity contribution in [3.63, 3.8) is 0 Å². The second kappa shape index (κ2) is 17.0. The van der Waals surface area contributed by atoms with Crippen LogP contribution in [0.2, 0.25) is 0 Å². The minimum atomic E-state index is -1.02. The summed E-state index contributed by atoms with van der Waals surface area (Å²) in [5, 5.41) is 51.3. The second-order valence-electron chi connectivity index (χ2n) is 11.9. The van der Waals surface area contributed by atoms with Crippen molar-refractivity contribution in [2.45, 2.75) is 12.0 Å². The third kappa shape index (κ3) is 8.86. The lowest BCUT2D eigenvalue weighted by Crippen LogP contribution is -2.18. The number of methoxy groups -OCH3 is 4. The van der Waals surface area contributed by atoms with E-state index in [4.69, 9.17) is 23.7 Å². The van der Waals surface area contributed by atoms with Gasteiger partial charge in [-0.3, -0.25) is 9.59 Å². The Kier molecular flexibility index (Phi) is 12.0. The molecule has 1 aliphatic heterocycles. The van der Waals surface area contributed by atoms with E-state index in [1.165, 1.54) is 77.0 Å². The topological polar surface area (TPSA) is 181 Å². The van der Waals surface area contributed by atoms with Crippen LogP contribution in [0.15, 0.2) is 109 Å². The van der Waals surface area contributed by atoms with Gasteiger partial charge in [0.25, 0.3) is 0 Å². The molecule has 2 unspecified atom stereocenters. The van der Waals surface area contributed by atoms with Crippen molar-refractivity contribution in [2.24, 2.45) is 0 Å². The van der Waals surface area contributed by atoms with E-state index in [0.717, 1.165) is 12.2 Å². The van der Waals surface area contributed by atoms with Crippen LogP contribution < -0.4 is 23.7 Å². The molecule has 54 heavy (non-hydrogen) atoms. The highest BCUT2D eigenvalue weighted by Crippen LogP contribution is 2.52. The molecule has 5 rings (SSSR count). The zero-order valence-corrected chi connectivity index (χ0v) is 29.7. The van der Waals surface area contributed by atoms with E-state index in [2.05, 4.69) is 0 Å². The molecule has 0 aromatic heterocycles. The molecule has 0 saturated heterocycles. The zero-order valence-electron chi connectivity index (χ0n) is 29.7. The molecule has 4 aromatic carbocycles. The number of aromatic hydroxyl groups is 3. The standard InChI is InChI=1S/C42H38O12/c1-50-36-18-24(8-14-32(36)46)5-11-28(43)22-29(44)13-7-26-17-31-40(35(49)23-30(45)12-6-25-9-15-33(47)37(19-25)51-2)41(54-42(31)39(20-26)53-4)27-10-16-34(48)38(21-27)52-3/h5-23,40-41,44-48H,1-4H3/b11-5+,12-6+,13-7+,29-22-,30-23-. The van der Waals surface area contributed by atoms with Crippen LogP contribution in [0.5, 0.6) is 46.0 Å². The largest absolute Gasteiger partial charge is 0.508 e. The summed E-state index contributed by atoms with van der Waals surface area (Å²) in [5.74, 6) is -1.76. The number of phenolic OH excluding ortho intramolecular Hbond substituents is 3. The smallest absolute Gasteiger partial charge is 0.182 e. The minimum Gasteiger partial charge on any atom is -0.508 e. The van der Waals surface area contributed by atoms with Gasteiger partial charge in [-0.1, -0.05) is 36.4 Å². The molecular weight excluding hydrogens is 696 g/mol. The molecule has 4 aromatic rings. The molecule has 12 heteroatoms. The number of hydrogen-bond acceptors (Lipinski definition) is 12. The van der Waals surface area contributed by atoms with Gasteiger partial charge >= 0.3 is 0 Å². The number of ether oxygens (including phenoxy) is 5. The predicted molar refractivity (Wildman–Crippen MR) is 202 cm³/mol. The first-order valence-corrected chi connectivity index (χ1v) is 16.4. The number of carbonyl (C=O) groups is 2. The maximum Gasteiger partial charge on any atom is 0.182 e. The van der Waals surface area contributed by atoms with Crippen LogP contribution in [0.1, 0.15) is 39.8 Å². The average molecular weight is 735 g/mol. The van der Waals surface area contributed by atoms with Crippen molar-refractivity contribution in [3.05, 3.63) is 136 Å². The Hall–Kier alpha value is -7.08. The molecule has 1 heterocycles. The summed E-state index contributed by atoms with van der Waals surface area (Å²) in [7, 11) is 5.65. The van der Waals surface area contributed by atoms with Gasteiger partial charge in [0.05, 0.1) is 34.4 Å². The van der Waals surface area contributed by atoms with Gasteiger partial charge in [0.2, 0.25) is 0 Å². The molecule has 0 radical (unpaired) electrons. The molecular formula is C42H38O12. The summed E-state index contributed by atoms with van der Waals surface area (Å²) in [6, 6.07) is 17.1. The first-order chi connectivity index (χ1) is 25.9. The molecule has 0 bridgehead atoms. The molecule has 2 atom stereocenters. The van der Waals surface area contributed by atoms with Crippen LogP contribution in [0, 0.1) is 0 Å². The lowest BCUT2D eigenvalue weighted by atomic mass is 9.86. The zero-order chi connectivity index (χ0) is 38.9. The Balaban J connectivity index is 1.46. The van der Waals surface area contributed by atoms with E-state index < -0.39 is 23.6 Å². The van der Waals surface area contributed by atoms with Crippen LogP contribution in [0.4, 0.5) is 0 Å². The molecule has 0 spiro atoms. The number of benzene rings is 4. The Morgan fingerprint density at radius 2 is 1.07 bits per heavy atom. The number of ketones is 2. The second-order valence-corrected chi connectivity index (χ2v) is 11.9. The summed E-state index contributed by atoms with van der Waals surface area (Å²) in [6.45, 7) is 0. The fourth-order valence-electron chi connectivity index (χ4n) is 5.71. The number of carbonyl (C=O) groups excluding carboxylic acids is 2. The van der Waals surface area contributed by atoms with Gasteiger partial charge in [0.15, 0.2) is 57.6 Å². The third-order valence-corrected chi connectivity index (χ3v) is 8.37. The molecule has 0 amide bonds. The molecule has 1 aliphatic rings. The number of aliphatic hydroxyl groups excluding tert-OH is 2. The minimum absolute atomic E-state index is 0.0411. The highest BCUT2D eigenvalue weighted by atomic mass is 16.5. The predicted octanol–water partition coefficient (Wildman–Crippen LogP) is 7.52. The number of fused-ring (bicyclic) bond motifs is 1. The summed E-state index contributed by atoms with van der Waals surface area (Å²) < 4.78 is 27.5. The lowest BCUT2D eigenvalue weighted by molar-refractivity contribution is -0.117. The molecule has 278 valence electrons. The van der Waals surface area contributed by atoms with Gasteiger partial charge in [0, 0.05) is 17.7 Å². The van der Waals surface area contributed by atoms with E-state index in [9.17, 15) is 35.1 Å². The monoisotopic (exact) mass is 734 g/mol. The number of allylic oxidation sites excluding steroid dienone is 5. The molecule has 0 fully saturated rings. The maximum absolute atomic E-state index is 14.0. The van der Waals surface area contributed by atoms with Crippen molar-refractivity contribution in [3.8, 4) is 46.0 Å². The Morgan fingerprint density at radius 3 is 1.65 bits per heavy atom. The van der Waals surface area contributed by atoms with Crippen LogP contribution in [-0.4, -0.2) is 65.5 Å². The highest BCUT2D eigenvalue weighted by Gasteiger charge is 2.42. The number of hydrogen-bond donors (Lipinski definition) is 5. The van der Waals surface area contributed by atoms with Crippen molar-refractivity contribution in [1.29, 1.82) is 0 Å². The SMILES string of the molecule is COc1cc(/C=C/C(=O)/C=C(O)/C=C/c2cc(OC)c3c(c2)C(C(=O)/C=C(O)/C=C/c2ccc(O)c(OC)c2)C(c2ccc(O)c(OC)c2)O3)ccc1O. The quantitative estimate of drug-likeness (QED) is 0.0489. The lowest BCUT2D eigenvalue weighted by Gasteiger charge is -2.18. The van der Waals surface area contributed by atoms with E-state index in [-0.39, 0.29) is 57.5 Å². The number of aliphatic hydroxyl groups is 2. The van der Waals surface area contributed by atoms with Crippen LogP contribution >= 0.6 is 0 Å². The molecule has 0 saturated carbocycles. The number of rotatable bonds is 14. The van der Waals surface area contributed by atoms with Crippen molar-refractivity contribution in [1.82, 2.24) is 0 Å². The molecule has 12 nitrogen and oxygen atoms in total. The van der Waals surface area contributed by atoms with Gasteiger partial charge in [-0.2, -0.15) is 0 Å². The fourth-order valence-corrected chi connectivity index (χ4v) is 5.71. The molecule has 5 N–H and O–H groups in total. The van der Waals surface area contributed by atoms with Gasteiger partial charge < -0.3 is 49.2 Å². The van der Waals surface area contributed by atoms with Crippen LogP contribution in [-0.2, 0) is 9.59 Å². The fraction of sp³-hybridized carbons (Fsp3) is 0.143. The Morgan fingerprint density at radius 1 is 0.593 bits per heavy atom. The molecule has 0 aliphatic carbocycles. The summed E-state index contributed by atoms with van der Waals surface area (Å²) in [5.41, 5.74) is 2.59. The normalized spacial score (nSPS) is 15.7. The van der Waals surface area contributed by atoms with E-state index in [1.54, 1.807) is 54.6 Å². The summed E-state index contributed by atoms with van der Waals surface area (Å²) >= 11 is 0. The number of phenols is 3. The first-order valence-electron chi connectivity index (χ1n) is 16.4. The van der Waals surface area contributed by atoms with Gasteiger partial charge in [-0.05, 0) is 89.0 Å². The first kappa shape index (κ1) is 38.2. The van der Waals surface area contributed by atoms with E-state index in [0.29, 0.717) is 27.8 Å². The van der Waals surface area contributed by atoms with Gasteiger partial charge in [-0.25, -0.2) is 0 Å². The third-order valence-electron chi connectivity index (χ3n) is 8.37. The van der Waals surface area contributed by atoms with E-state index >= 15 is 0 Å². The van der Waals surface area contributed by atoms with Crippen LogP contribution in [0.3, 0.4) is 0 Å². The van der Waals surface area contributed by atoms with Crippen LogP contribution in [0.25, 0.3) is 18.2 Å². The summed E-state index contributed by atoms with van der Waals surface area (Å²) in [4.78, 5) is 26.6. The highest BCUT2D eigenvalue weighted by molar-refractivity contribution is 6.02. The summed E-state index contributed by atoms with van der Waals surface area (Å²) in [6.07, 6.45) is 9.61.